The number of benzene rings is 1. The van der Waals surface area contributed by atoms with Gasteiger partial charge in [-0.25, -0.2) is 9.18 Å². The lowest BCUT2D eigenvalue weighted by Gasteiger charge is -2.24. The maximum absolute atomic E-state index is 15.1. The van der Waals surface area contributed by atoms with Gasteiger partial charge < -0.3 is 25.4 Å². The molecule has 26 heavy (non-hydrogen) atoms. The van der Waals surface area contributed by atoms with Gasteiger partial charge in [-0.3, -0.25) is 4.79 Å². The predicted octanol–water partition coefficient (Wildman–Crippen LogP) is 1.73. The van der Waals surface area contributed by atoms with E-state index in [0.717, 1.165) is 12.8 Å². The van der Waals surface area contributed by atoms with Crippen LogP contribution in [-0.4, -0.2) is 39.9 Å². The number of fused-ring (bicyclic) bond motifs is 1. The van der Waals surface area contributed by atoms with Gasteiger partial charge in [0.25, 0.3) is 0 Å². The fraction of sp³-hybridized carbons (Fsp3) is 0.444. The maximum Gasteiger partial charge on any atom is 0.341 e. The topological polar surface area (TPSA) is 109 Å². The first-order valence-corrected chi connectivity index (χ1v) is 8.65. The van der Waals surface area contributed by atoms with Crippen LogP contribution in [0.2, 0.25) is 0 Å². The van der Waals surface area contributed by atoms with Crippen LogP contribution in [0.25, 0.3) is 10.9 Å². The van der Waals surface area contributed by atoms with E-state index < -0.39 is 22.8 Å². The van der Waals surface area contributed by atoms with Crippen LogP contribution in [-0.2, 0) is 0 Å². The van der Waals surface area contributed by atoms with Crippen molar-refractivity contribution >= 4 is 22.6 Å². The summed E-state index contributed by atoms with van der Waals surface area (Å²) in [4.78, 5) is 25.8. The van der Waals surface area contributed by atoms with Crippen molar-refractivity contribution < 1.29 is 19.4 Å². The number of aromatic carboxylic acids is 1. The lowest BCUT2D eigenvalue weighted by molar-refractivity contribution is 0.0695. The summed E-state index contributed by atoms with van der Waals surface area (Å²) in [5.74, 6) is -2.38. The molecule has 1 saturated carbocycles. The Morgan fingerprint density at radius 1 is 1.35 bits per heavy atom. The van der Waals surface area contributed by atoms with E-state index in [1.807, 2.05) is 0 Å². The summed E-state index contributed by atoms with van der Waals surface area (Å²) in [6.45, 7) is 2.37. The number of hydrogen-bond donors (Lipinski definition) is 3. The van der Waals surface area contributed by atoms with Crippen molar-refractivity contribution in [1.82, 2.24) is 4.57 Å². The minimum absolute atomic E-state index is 0.000598. The third kappa shape index (κ3) is 2.36. The van der Waals surface area contributed by atoms with E-state index in [1.54, 1.807) is 9.47 Å². The number of rotatable bonds is 3. The van der Waals surface area contributed by atoms with E-state index >= 15 is 4.39 Å². The number of phenols is 1. The Labute approximate surface area is 148 Å². The van der Waals surface area contributed by atoms with Crippen LogP contribution in [0.1, 0.15) is 41.2 Å². The number of pyridine rings is 1. The highest BCUT2D eigenvalue weighted by Gasteiger charge is 2.33. The van der Waals surface area contributed by atoms with Crippen LogP contribution >= 0.6 is 0 Å². The van der Waals surface area contributed by atoms with Crippen molar-refractivity contribution in [2.45, 2.75) is 38.3 Å². The zero-order valence-electron chi connectivity index (χ0n) is 14.3. The first-order valence-electron chi connectivity index (χ1n) is 8.65. The van der Waals surface area contributed by atoms with Crippen molar-refractivity contribution in [2.24, 2.45) is 5.73 Å². The number of phenolic OH excluding ortho intramolecular Hbond substituents is 1. The number of carbonyl (C=O) groups is 1. The van der Waals surface area contributed by atoms with Crippen molar-refractivity contribution in [2.75, 3.05) is 18.0 Å². The SMILES string of the molecule is Cc1c(F)c(N2CC[C@H](N)C2)c(O)c2c1c(=O)c(C(=O)O)cn2C1CC1. The largest absolute Gasteiger partial charge is 0.504 e. The van der Waals surface area contributed by atoms with Gasteiger partial charge in [-0.05, 0) is 26.2 Å². The van der Waals surface area contributed by atoms with E-state index in [1.165, 1.54) is 13.1 Å². The average molecular weight is 361 g/mol. The first-order chi connectivity index (χ1) is 12.3. The Morgan fingerprint density at radius 2 is 2.04 bits per heavy atom. The molecule has 1 atom stereocenters. The molecular weight excluding hydrogens is 341 g/mol. The Balaban J connectivity index is 2.09. The maximum atomic E-state index is 15.1. The molecule has 7 nitrogen and oxygen atoms in total. The normalized spacial score (nSPS) is 20.1. The van der Waals surface area contributed by atoms with Crippen LogP contribution in [0, 0.1) is 12.7 Å². The molecule has 1 saturated heterocycles. The van der Waals surface area contributed by atoms with Crippen LogP contribution in [0.3, 0.4) is 0 Å². The molecule has 8 heteroatoms. The molecule has 0 spiro atoms. The monoisotopic (exact) mass is 361 g/mol. The predicted molar refractivity (Wildman–Crippen MR) is 94.6 cm³/mol. The van der Waals surface area contributed by atoms with E-state index in [0.29, 0.717) is 19.5 Å². The summed E-state index contributed by atoms with van der Waals surface area (Å²) < 4.78 is 16.7. The Kier molecular flexibility index (Phi) is 3.69. The highest BCUT2D eigenvalue weighted by atomic mass is 19.1. The lowest BCUT2D eigenvalue weighted by atomic mass is 10.0. The minimum Gasteiger partial charge on any atom is -0.504 e. The number of aromatic nitrogens is 1. The van der Waals surface area contributed by atoms with Gasteiger partial charge in [0.2, 0.25) is 5.43 Å². The zero-order chi connectivity index (χ0) is 18.7. The standard InChI is InChI=1S/C18H20FN3O4/c1-8-12-14(17(24)15(13(8)19)21-5-4-9(20)6-21)22(10-2-3-10)7-11(16(12)23)18(25)26/h7,9-10,24H,2-6,20H2,1H3,(H,25,26)/t9-/m0/s1. The summed E-state index contributed by atoms with van der Waals surface area (Å²) >= 11 is 0. The van der Waals surface area contributed by atoms with Gasteiger partial charge in [-0.2, -0.15) is 0 Å². The molecule has 0 radical (unpaired) electrons. The van der Waals surface area contributed by atoms with Gasteiger partial charge in [-0.15, -0.1) is 0 Å². The molecule has 4 N–H and O–H groups in total. The second-order valence-corrected chi connectivity index (χ2v) is 7.17. The molecule has 1 aromatic heterocycles. The van der Waals surface area contributed by atoms with Crippen LogP contribution in [0.15, 0.2) is 11.0 Å². The summed E-state index contributed by atoms with van der Waals surface area (Å²) in [6, 6.07) is -0.106. The van der Waals surface area contributed by atoms with Gasteiger partial charge in [0.05, 0.1) is 10.9 Å². The molecular formula is C18H20FN3O4. The number of carboxylic acids is 1. The Bertz CT molecular complexity index is 997. The molecule has 0 bridgehead atoms. The van der Waals surface area contributed by atoms with Gasteiger partial charge >= 0.3 is 5.97 Å². The van der Waals surface area contributed by atoms with Crippen molar-refractivity contribution in [3.8, 4) is 5.75 Å². The number of nitrogens with zero attached hydrogens (tertiary/aromatic N) is 2. The molecule has 1 aliphatic heterocycles. The molecule has 2 aliphatic rings. The van der Waals surface area contributed by atoms with Gasteiger partial charge in [0, 0.05) is 36.9 Å². The van der Waals surface area contributed by atoms with Gasteiger partial charge in [0.15, 0.2) is 11.6 Å². The molecule has 1 aliphatic carbocycles. The smallest absolute Gasteiger partial charge is 0.341 e. The quantitative estimate of drug-likeness (QED) is 0.768. The summed E-state index contributed by atoms with van der Waals surface area (Å²) in [5.41, 5.74) is 5.02. The summed E-state index contributed by atoms with van der Waals surface area (Å²) in [5, 5.41) is 20.2. The van der Waals surface area contributed by atoms with Crippen LogP contribution in [0.4, 0.5) is 10.1 Å². The number of halogens is 1. The van der Waals surface area contributed by atoms with Gasteiger partial charge in [-0.1, -0.05) is 0 Å². The first kappa shape index (κ1) is 16.8. The summed E-state index contributed by atoms with van der Waals surface area (Å²) in [6.07, 6.45) is 3.58. The molecule has 4 rings (SSSR count). The lowest BCUT2D eigenvalue weighted by Crippen LogP contribution is -2.28. The number of aromatic hydroxyl groups is 1. The van der Waals surface area contributed by atoms with E-state index in [9.17, 15) is 19.8 Å². The van der Waals surface area contributed by atoms with E-state index in [4.69, 9.17) is 5.73 Å². The van der Waals surface area contributed by atoms with Gasteiger partial charge in [0.1, 0.15) is 11.3 Å². The van der Waals surface area contributed by atoms with E-state index in [2.05, 4.69) is 0 Å². The highest BCUT2D eigenvalue weighted by Crippen LogP contribution is 2.44. The van der Waals surface area contributed by atoms with E-state index in [-0.39, 0.29) is 40.0 Å². The average Bonchev–Trinajstić information content (AvgIpc) is 3.34. The number of anilines is 1. The fourth-order valence-electron chi connectivity index (χ4n) is 3.80. The number of carboxylic acid groups (broad SMARTS) is 1. The third-order valence-electron chi connectivity index (χ3n) is 5.31. The molecule has 0 amide bonds. The molecule has 1 aromatic carbocycles. The van der Waals surface area contributed by atoms with Crippen molar-refractivity contribution in [3.63, 3.8) is 0 Å². The Hall–Kier alpha value is -2.61. The molecule has 138 valence electrons. The summed E-state index contributed by atoms with van der Waals surface area (Å²) in [7, 11) is 0. The molecule has 0 unspecified atom stereocenters. The second-order valence-electron chi connectivity index (χ2n) is 7.17. The fourth-order valence-corrected chi connectivity index (χ4v) is 3.80. The Morgan fingerprint density at radius 3 is 2.58 bits per heavy atom. The number of hydrogen-bond acceptors (Lipinski definition) is 5. The van der Waals surface area contributed by atoms with Crippen LogP contribution < -0.4 is 16.1 Å². The minimum atomic E-state index is -1.36. The molecule has 2 aromatic rings. The molecule has 2 heterocycles. The highest BCUT2D eigenvalue weighted by molar-refractivity contribution is 5.98. The second kappa shape index (κ2) is 5.70. The van der Waals surface area contributed by atoms with Crippen molar-refractivity contribution in [3.05, 3.63) is 33.4 Å². The van der Waals surface area contributed by atoms with Crippen molar-refractivity contribution in [1.29, 1.82) is 0 Å². The number of aryl methyl sites for hydroxylation is 1. The third-order valence-corrected chi connectivity index (χ3v) is 5.31. The zero-order valence-corrected chi connectivity index (χ0v) is 14.3. The van der Waals surface area contributed by atoms with Crippen LogP contribution in [0.5, 0.6) is 5.75 Å². The number of nitrogens with two attached hydrogens (primary N) is 1. The molecule has 2 fully saturated rings.